The number of rotatable bonds is 6. The van der Waals surface area contributed by atoms with Gasteiger partial charge in [0.2, 0.25) is 5.75 Å². The lowest BCUT2D eigenvalue weighted by Gasteiger charge is -2.11. The molecule has 0 bridgehead atoms. The first-order chi connectivity index (χ1) is 11.6. The van der Waals surface area contributed by atoms with Crippen molar-refractivity contribution in [3.63, 3.8) is 0 Å². The zero-order valence-electron chi connectivity index (χ0n) is 13.4. The van der Waals surface area contributed by atoms with Crippen molar-refractivity contribution in [1.29, 1.82) is 0 Å². The molecule has 2 aromatic carbocycles. The summed E-state index contributed by atoms with van der Waals surface area (Å²) in [4.78, 5) is 22.3. The van der Waals surface area contributed by atoms with Crippen LogP contribution in [0, 0.1) is 10.1 Å². The lowest BCUT2D eigenvalue weighted by Crippen LogP contribution is -2.03. The van der Waals surface area contributed by atoms with Gasteiger partial charge in [-0.15, -0.1) is 0 Å². The molecule has 0 aliphatic carbocycles. The van der Waals surface area contributed by atoms with E-state index in [0.29, 0.717) is 5.02 Å². The van der Waals surface area contributed by atoms with E-state index in [9.17, 15) is 23.3 Å². The molecule has 2 aromatic rings. The average Bonchev–Trinajstić information content (AvgIpc) is 2.54. The van der Waals surface area contributed by atoms with Crippen LogP contribution in [-0.2, 0) is 9.84 Å². The minimum Gasteiger partial charge on any atom is -0.449 e. The molecule has 0 saturated heterocycles. The van der Waals surface area contributed by atoms with E-state index in [1.165, 1.54) is 30.3 Å². The molecule has 2 rings (SSSR count). The second kappa shape index (κ2) is 7.20. The van der Waals surface area contributed by atoms with E-state index >= 15 is 0 Å². The molecule has 0 N–H and O–H groups in total. The number of carbonyl (C=O) groups is 1. The average molecular weight is 384 g/mol. The first-order valence-corrected chi connectivity index (χ1v) is 9.39. The zero-order valence-corrected chi connectivity index (χ0v) is 14.9. The second-order valence-corrected chi connectivity index (χ2v) is 7.63. The number of sulfone groups is 1. The van der Waals surface area contributed by atoms with E-state index in [2.05, 4.69) is 0 Å². The number of nitro groups is 1. The van der Waals surface area contributed by atoms with Gasteiger partial charge in [0.25, 0.3) is 0 Å². The number of hydrogen-bond acceptors (Lipinski definition) is 6. The van der Waals surface area contributed by atoms with Crippen LogP contribution in [0.3, 0.4) is 0 Å². The summed E-state index contributed by atoms with van der Waals surface area (Å²) in [5.41, 5.74) is -0.329. The SMILES string of the molecule is CCC(=O)c1cc(Cl)ccc1Oc1ccc(S(C)(=O)=O)cc1[N+](=O)[O-]. The van der Waals surface area contributed by atoms with Crippen LogP contribution in [0.2, 0.25) is 5.02 Å². The zero-order chi connectivity index (χ0) is 18.8. The molecule has 0 aliphatic heterocycles. The molecule has 25 heavy (non-hydrogen) atoms. The van der Waals surface area contributed by atoms with E-state index in [-0.39, 0.29) is 34.2 Å². The predicted molar refractivity (Wildman–Crippen MR) is 92.4 cm³/mol. The highest BCUT2D eigenvalue weighted by molar-refractivity contribution is 7.90. The van der Waals surface area contributed by atoms with Gasteiger partial charge in [-0.05, 0) is 30.3 Å². The summed E-state index contributed by atoms with van der Waals surface area (Å²) >= 11 is 5.89. The number of halogens is 1. The number of hydrogen-bond donors (Lipinski definition) is 0. The quantitative estimate of drug-likeness (QED) is 0.423. The van der Waals surface area contributed by atoms with Gasteiger partial charge in [-0.2, -0.15) is 0 Å². The first kappa shape index (κ1) is 18.9. The third-order valence-electron chi connectivity index (χ3n) is 3.34. The standard InChI is InChI=1S/C16H14ClNO6S/c1-3-14(19)12-8-10(17)4-6-15(12)24-16-7-5-11(25(2,22)23)9-13(16)18(20)21/h4-9H,3H2,1-2H3. The van der Waals surface area contributed by atoms with Crippen LogP contribution in [0.1, 0.15) is 23.7 Å². The molecular weight excluding hydrogens is 370 g/mol. The third kappa shape index (κ3) is 4.34. The van der Waals surface area contributed by atoms with Crippen molar-refractivity contribution in [2.45, 2.75) is 18.2 Å². The number of ketones is 1. The van der Waals surface area contributed by atoms with Crippen LogP contribution in [0.5, 0.6) is 11.5 Å². The fourth-order valence-corrected chi connectivity index (χ4v) is 2.89. The van der Waals surface area contributed by atoms with Gasteiger partial charge in [0.1, 0.15) is 5.75 Å². The van der Waals surface area contributed by atoms with Crippen molar-refractivity contribution in [2.75, 3.05) is 6.26 Å². The minimum atomic E-state index is -3.61. The number of carbonyl (C=O) groups excluding carboxylic acids is 1. The summed E-state index contributed by atoms with van der Waals surface area (Å²) in [7, 11) is -3.61. The van der Waals surface area contributed by atoms with Crippen molar-refractivity contribution in [3.05, 3.63) is 57.1 Å². The van der Waals surface area contributed by atoms with Crippen molar-refractivity contribution in [2.24, 2.45) is 0 Å². The topological polar surface area (TPSA) is 104 Å². The number of Topliss-reactive ketones (excluding diaryl/α,β-unsaturated/α-hetero) is 1. The fraction of sp³-hybridized carbons (Fsp3) is 0.188. The van der Waals surface area contributed by atoms with E-state index in [1.54, 1.807) is 6.92 Å². The van der Waals surface area contributed by atoms with E-state index < -0.39 is 20.4 Å². The molecule has 0 saturated carbocycles. The van der Waals surface area contributed by atoms with Crippen molar-refractivity contribution in [1.82, 2.24) is 0 Å². The lowest BCUT2D eigenvalue weighted by molar-refractivity contribution is -0.385. The molecular formula is C16H14ClNO6S. The van der Waals surface area contributed by atoms with Crippen LogP contribution in [0.25, 0.3) is 0 Å². The monoisotopic (exact) mass is 383 g/mol. The Bertz CT molecular complexity index is 955. The van der Waals surface area contributed by atoms with Gasteiger partial charge >= 0.3 is 5.69 Å². The third-order valence-corrected chi connectivity index (χ3v) is 4.68. The molecule has 0 aliphatic rings. The Morgan fingerprint density at radius 1 is 1.20 bits per heavy atom. The fourth-order valence-electron chi connectivity index (χ4n) is 2.07. The summed E-state index contributed by atoms with van der Waals surface area (Å²) in [6.45, 7) is 1.66. The number of benzene rings is 2. The van der Waals surface area contributed by atoms with Gasteiger partial charge < -0.3 is 4.74 Å². The van der Waals surface area contributed by atoms with Crippen LogP contribution in [0.15, 0.2) is 41.3 Å². The number of nitro benzene ring substituents is 1. The molecule has 7 nitrogen and oxygen atoms in total. The number of ether oxygens (including phenoxy) is 1. The van der Waals surface area contributed by atoms with Gasteiger partial charge in [-0.1, -0.05) is 18.5 Å². The van der Waals surface area contributed by atoms with Crippen molar-refractivity contribution >= 4 is 32.9 Å². The van der Waals surface area contributed by atoms with Gasteiger partial charge in [-0.3, -0.25) is 14.9 Å². The van der Waals surface area contributed by atoms with E-state index in [1.807, 2.05) is 0 Å². The Kier molecular flexibility index (Phi) is 5.44. The predicted octanol–water partition coefficient (Wildman–Crippen LogP) is 4.04. The Balaban J connectivity index is 2.54. The molecule has 0 aromatic heterocycles. The molecule has 132 valence electrons. The van der Waals surface area contributed by atoms with E-state index in [4.69, 9.17) is 16.3 Å². The second-order valence-electron chi connectivity index (χ2n) is 5.18. The van der Waals surface area contributed by atoms with Gasteiger partial charge in [-0.25, -0.2) is 8.42 Å². The first-order valence-electron chi connectivity index (χ1n) is 7.12. The maximum absolute atomic E-state index is 12.0. The molecule has 0 radical (unpaired) electrons. The Labute approximate surface area is 149 Å². The molecule has 9 heteroatoms. The highest BCUT2D eigenvalue weighted by atomic mass is 35.5. The maximum atomic E-state index is 12.0. The lowest BCUT2D eigenvalue weighted by atomic mass is 10.1. The normalized spacial score (nSPS) is 11.2. The summed E-state index contributed by atoms with van der Waals surface area (Å²) in [5, 5.41) is 11.6. The molecule has 0 atom stereocenters. The molecule has 0 amide bonds. The minimum absolute atomic E-state index is 0.103. The van der Waals surface area contributed by atoms with E-state index in [0.717, 1.165) is 12.3 Å². The summed E-state index contributed by atoms with van der Waals surface area (Å²) in [5.74, 6) is -0.316. The molecule has 0 fully saturated rings. The molecule has 0 unspecified atom stereocenters. The van der Waals surface area contributed by atoms with Gasteiger partial charge in [0, 0.05) is 23.8 Å². The molecule has 0 spiro atoms. The van der Waals surface area contributed by atoms with Crippen molar-refractivity contribution in [3.8, 4) is 11.5 Å². The maximum Gasteiger partial charge on any atom is 0.312 e. The van der Waals surface area contributed by atoms with Crippen LogP contribution < -0.4 is 4.74 Å². The smallest absolute Gasteiger partial charge is 0.312 e. The largest absolute Gasteiger partial charge is 0.449 e. The summed E-state index contributed by atoms with van der Waals surface area (Å²) < 4.78 is 28.7. The Hall–Kier alpha value is -2.45. The highest BCUT2D eigenvalue weighted by Crippen LogP contribution is 2.35. The summed E-state index contributed by atoms with van der Waals surface area (Å²) in [6, 6.07) is 7.64. The Morgan fingerprint density at radius 2 is 1.84 bits per heavy atom. The molecule has 0 heterocycles. The van der Waals surface area contributed by atoms with Gasteiger partial charge in [0.15, 0.2) is 15.6 Å². The van der Waals surface area contributed by atoms with Crippen LogP contribution in [-0.4, -0.2) is 25.4 Å². The number of nitrogens with zero attached hydrogens (tertiary/aromatic N) is 1. The van der Waals surface area contributed by atoms with Crippen molar-refractivity contribution < 1.29 is 22.9 Å². The van der Waals surface area contributed by atoms with Crippen LogP contribution in [0.4, 0.5) is 5.69 Å². The Morgan fingerprint density at radius 3 is 2.40 bits per heavy atom. The van der Waals surface area contributed by atoms with Crippen LogP contribution >= 0.6 is 11.6 Å². The highest BCUT2D eigenvalue weighted by Gasteiger charge is 2.22. The summed E-state index contributed by atoms with van der Waals surface area (Å²) in [6.07, 6.45) is 1.15. The van der Waals surface area contributed by atoms with Gasteiger partial charge in [0.05, 0.1) is 15.4 Å².